The molecule has 180 valence electrons. The number of fused-ring (bicyclic) bond motifs is 5. The van der Waals surface area contributed by atoms with Gasteiger partial charge < -0.3 is 14.2 Å². The smallest absolute Gasteiger partial charge is 0.193 e. The standard InChI is InChI=1S/C29H34O5/c1-17(30)29-25(33-27(3,34-29)18-7-5-4-6-8-18)15-22-20-14-24-23-13-19(31)9-12-28(23,16-32-24)21(20)10-11-26(22,29)2/h4-8,13,20-22,24-25H,9-12,14-16H2,1-3H3/t20-,21+,22+,24+,25-,26+,27?,28+,29?/m1/s1. The Bertz CT molecular complexity index is 1110. The van der Waals surface area contributed by atoms with E-state index < -0.39 is 11.4 Å². The lowest BCUT2D eigenvalue weighted by atomic mass is 9.46. The number of benzene rings is 1. The lowest BCUT2D eigenvalue weighted by molar-refractivity contribution is -0.227. The first-order valence-electron chi connectivity index (χ1n) is 13.0. The molecule has 0 aromatic heterocycles. The maximum atomic E-state index is 13.5. The molecule has 4 aliphatic carbocycles. The minimum absolute atomic E-state index is 0.0180. The third-order valence-corrected chi connectivity index (χ3v) is 10.9. The van der Waals surface area contributed by atoms with Crippen molar-refractivity contribution in [1.82, 2.24) is 0 Å². The van der Waals surface area contributed by atoms with E-state index >= 15 is 0 Å². The fourth-order valence-electron chi connectivity index (χ4n) is 9.50. The van der Waals surface area contributed by atoms with Crippen LogP contribution in [-0.2, 0) is 29.6 Å². The van der Waals surface area contributed by atoms with Gasteiger partial charge in [0.2, 0.25) is 0 Å². The van der Waals surface area contributed by atoms with Crippen LogP contribution in [0.4, 0.5) is 0 Å². The van der Waals surface area contributed by atoms with Crippen molar-refractivity contribution < 1.29 is 23.8 Å². The molecule has 2 bridgehead atoms. The Labute approximate surface area is 201 Å². The zero-order valence-corrected chi connectivity index (χ0v) is 20.3. The SMILES string of the molecule is CC(=O)C12OC(C)(c3ccccc3)O[C@@H]1C[C@H]1[C@@H]3C[C@@H]4OC[C@@]5(CCC(=O)C=C45)[C@H]3CC[C@@]12C. The summed E-state index contributed by atoms with van der Waals surface area (Å²) < 4.78 is 20.0. The maximum absolute atomic E-state index is 13.5. The number of carbonyl (C=O) groups is 2. The van der Waals surface area contributed by atoms with Gasteiger partial charge in [0.15, 0.2) is 23.0 Å². The van der Waals surface area contributed by atoms with Crippen molar-refractivity contribution in [2.24, 2.45) is 28.6 Å². The van der Waals surface area contributed by atoms with E-state index in [0.29, 0.717) is 24.2 Å². The van der Waals surface area contributed by atoms with E-state index in [4.69, 9.17) is 14.2 Å². The molecular formula is C29H34O5. The van der Waals surface area contributed by atoms with Gasteiger partial charge >= 0.3 is 0 Å². The number of ketones is 2. The Morgan fingerprint density at radius 3 is 2.62 bits per heavy atom. The van der Waals surface area contributed by atoms with Crippen LogP contribution < -0.4 is 0 Å². The number of rotatable bonds is 2. The molecule has 2 unspecified atom stereocenters. The predicted octanol–water partition coefficient (Wildman–Crippen LogP) is 4.73. The van der Waals surface area contributed by atoms with Gasteiger partial charge in [-0.05, 0) is 75.4 Å². The average molecular weight is 463 g/mol. The third kappa shape index (κ3) is 2.37. The van der Waals surface area contributed by atoms with Crippen molar-refractivity contribution in [1.29, 1.82) is 0 Å². The van der Waals surface area contributed by atoms with Crippen molar-refractivity contribution in [3.63, 3.8) is 0 Å². The Kier molecular flexibility index (Phi) is 4.22. The van der Waals surface area contributed by atoms with Gasteiger partial charge in [0.05, 0.1) is 18.8 Å². The second kappa shape index (κ2) is 6.68. The number of hydrogen-bond acceptors (Lipinski definition) is 5. The third-order valence-electron chi connectivity index (χ3n) is 10.9. The predicted molar refractivity (Wildman–Crippen MR) is 125 cm³/mol. The number of ether oxygens (including phenoxy) is 3. The van der Waals surface area contributed by atoms with E-state index in [0.717, 1.165) is 44.3 Å². The highest BCUT2D eigenvalue weighted by molar-refractivity contribution is 5.92. The normalized spacial score (nSPS) is 50.7. The van der Waals surface area contributed by atoms with Crippen LogP contribution in [0.3, 0.4) is 0 Å². The first-order valence-corrected chi connectivity index (χ1v) is 13.0. The van der Waals surface area contributed by atoms with E-state index in [9.17, 15) is 9.59 Å². The lowest BCUT2D eigenvalue weighted by Crippen LogP contribution is -2.60. The monoisotopic (exact) mass is 462 g/mol. The Morgan fingerprint density at radius 2 is 1.85 bits per heavy atom. The summed E-state index contributed by atoms with van der Waals surface area (Å²) in [5.74, 6) is 0.752. The van der Waals surface area contributed by atoms with Crippen LogP contribution in [0.1, 0.15) is 64.9 Å². The van der Waals surface area contributed by atoms with Crippen LogP contribution in [-0.4, -0.2) is 36.0 Å². The van der Waals surface area contributed by atoms with Gasteiger partial charge in [-0.2, -0.15) is 0 Å². The second-order valence-electron chi connectivity index (χ2n) is 12.1. The molecule has 2 saturated heterocycles. The summed E-state index contributed by atoms with van der Waals surface area (Å²) in [5.41, 5.74) is 1.05. The van der Waals surface area contributed by atoms with Crippen molar-refractivity contribution in [3.8, 4) is 0 Å². The molecule has 1 aromatic carbocycles. The molecule has 0 spiro atoms. The molecule has 0 N–H and O–H groups in total. The van der Waals surface area contributed by atoms with Crippen LogP contribution >= 0.6 is 0 Å². The second-order valence-corrected chi connectivity index (χ2v) is 12.1. The lowest BCUT2D eigenvalue weighted by Gasteiger charge is -2.58. The zero-order valence-electron chi connectivity index (χ0n) is 20.3. The molecule has 6 aliphatic rings. The van der Waals surface area contributed by atoms with Crippen molar-refractivity contribution in [2.75, 3.05) is 6.61 Å². The summed E-state index contributed by atoms with van der Waals surface area (Å²) in [6.07, 6.45) is 7.06. The van der Waals surface area contributed by atoms with Crippen LogP contribution in [0.5, 0.6) is 0 Å². The highest BCUT2D eigenvalue weighted by atomic mass is 16.8. The topological polar surface area (TPSA) is 61.8 Å². The van der Waals surface area contributed by atoms with Gasteiger partial charge in [-0.25, -0.2) is 0 Å². The molecule has 5 fully saturated rings. The molecule has 34 heavy (non-hydrogen) atoms. The number of Topliss-reactive ketones (excluding diaryl/α,β-unsaturated/α-hetero) is 1. The van der Waals surface area contributed by atoms with E-state index in [1.54, 1.807) is 6.92 Å². The molecule has 9 atom stereocenters. The quantitative estimate of drug-likeness (QED) is 0.636. The van der Waals surface area contributed by atoms with Crippen LogP contribution in [0, 0.1) is 28.6 Å². The number of carbonyl (C=O) groups excluding carboxylic acids is 2. The highest BCUT2D eigenvalue weighted by Gasteiger charge is 2.76. The van der Waals surface area contributed by atoms with Crippen LogP contribution in [0.15, 0.2) is 42.0 Å². The number of hydrogen-bond donors (Lipinski definition) is 0. The summed E-state index contributed by atoms with van der Waals surface area (Å²) >= 11 is 0. The van der Waals surface area contributed by atoms with Gasteiger partial charge in [0.1, 0.15) is 0 Å². The van der Waals surface area contributed by atoms with Gasteiger partial charge in [-0.3, -0.25) is 9.59 Å². The molecule has 0 amide bonds. The molecule has 1 aromatic rings. The highest BCUT2D eigenvalue weighted by Crippen LogP contribution is 2.72. The summed E-state index contributed by atoms with van der Waals surface area (Å²) in [4.78, 5) is 25.8. The molecule has 0 radical (unpaired) electrons. The fourth-order valence-corrected chi connectivity index (χ4v) is 9.50. The largest absolute Gasteiger partial charge is 0.373 e. The summed E-state index contributed by atoms with van der Waals surface area (Å²) in [6, 6.07) is 10.0. The van der Waals surface area contributed by atoms with Crippen molar-refractivity contribution >= 4 is 11.6 Å². The average Bonchev–Trinajstić information content (AvgIpc) is 3.37. The Balaban J connectivity index is 1.28. The zero-order chi connectivity index (χ0) is 23.5. The molecule has 5 heteroatoms. The van der Waals surface area contributed by atoms with Gasteiger partial charge in [-0.1, -0.05) is 37.3 Å². The first kappa shape index (κ1) is 21.5. The first-order chi connectivity index (χ1) is 16.2. The van der Waals surface area contributed by atoms with E-state index in [1.165, 1.54) is 5.57 Å². The van der Waals surface area contributed by atoms with Crippen LogP contribution in [0.2, 0.25) is 0 Å². The Morgan fingerprint density at radius 1 is 1.06 bits per heavy atom. The summed E-state index contributed by atoms with van der Waals surface area (Å²) in [6.45, 7) is 6.72. The molecule has 7 rings (SSSR count). The maximum Gasteiger partial charge on any atom is 0.193 e. The molecule has 2 heterocycles. The minimum atomic E-state index is -0.927. The van der Waals surface area contributed by atoms with Gasteiger partial charge in [0.25, 0.3) is 0 Å². The summed E-state index contributed by atoms with van der Waals surface area (Å²) in [7, 11) is 0. The minimum Gasteiger partial charge on any atom is -0.373 e. The molecule has 5 nitrogen and oxygen atoms in total. The van der Waals surface area contributed by atoms with Crippen LogP contribution in [0.25, 0.3) is 0 Å². The van der Waals surface area contributed by atoms with Gasteiger partial charge in [-0.15, -0.1) is 0 Å². The fraction of sp³-hybridized carbons (Fsp3) is 0.655. The molecule has 3 saturated carbocycles. The Hall–Kier alpha value is -1.82. The van der Waals surface area contributed by atoms with E-state index in [2.05, 4.69) is 6.92 Å². The molecular weight excluding hydrogens is 428 g/mol. The van der Waals surface area contributed by atoms with Crippen molar-refractivity contribution in [2.45, 2.75) is 82.9 Å². The molecule has 2 aliphatic heterocycles. The van der Waals surface area contributed by atoms with Gasteiger partial charge in [0, 0.05) is 22.8 Å². The summed E-state index contributed by atoms with van der Waals surface area (Å²) in [5, 5.41) is 0. The van der Waals surface area contributed by atoms with E-state index in [-0.39, 0.29) is 34.6 Å². The van der Waals surface area contributed by atoms with Crippen molar-refractivity contribution in [3.05, 3.63) is 47.5 Å². The van der Waals surface area contributed by atoms with E-state index in [1.807, 2.05) is 43.3 Å².